The molecule has 0 aromatic heterocycles. The number of benzene rings is 3. The van der Waals surface area contributed by atoms with Crippen LogP contribution in [0.25, 0.3) is 0 Å². The Hall–Kier alpha value is -3.21. The number of hydrogen-bond acceptors (Lipinski definition) is 4. The van der Waals surface area contributed by atoms with Gasteiger partial charge in [0.2, 0.25) is 0 Å². The fraction of sp³-hybridized carbons (Fsp3) is 0.125. The second-order valence-corrected chi connectivity index (χ2v) is 12.0. The molecule has 1 N–H and O–H groups in total. The van der Waals surface area contributed by atoms with E-state index in [-0.39, 0.29) is 5.97 Å². The third-order valence-corrected chi connectivity index (χ3v) is 9.70. The van der Waals surface area contributed by atoms with Crippen LogP contribution >= 0.6 is 0 Å². The molecule has 3 aromatic rings. The highest BCUT2D eigenvalue weighted by molar-refractivity contribution is 7.86. The molecule has 0 atom stereocenters. The van der Waals surface area contributed by atoms with Gasteiger partial charge in [-0.25, -0.2) is 8.42 Å². The SMILES string of the molecule is CCOC(=[OH+])/C=C/[Si](c1ccccc1)(c1ccccc1)c1ccccc1.O=S(=O)([O-])C(F)(F)F. The maximum atomic E-state index is 10.7. The van der Waals surface area contributed by atoms with Crippen LogP contribution in [0.2, 0.25) is 0 Å². The van der Waals surface area contributed by atoms with Crippen molar-refractivity contribution in [1.29, 1.82) is 0 Å². The van der Waals surface area contributed by atoms with Crippen LogP contribution in [0.1, 0.15) is 6.92 Å². The quantitative estimate of drug-likeness (QED) is 0.0975. The molecule has 3 rings (SSSR count). The molecule has 0 radical (unpaired) electrons. The van der Waals surface area contributed by atoms with Crippen molar-refractivity contribution in [3.05, 3.63) is 103 Å². The molecule has 0 aliphatic carbocycles. The van der Waals surface area contributed by atoms with E-state index in [1.807, 2.05) is 25.1 Å². The van der Waals surface area contributed by atoms with Crippen molar-refractivity contribution in [3.8, 4) is 0 Å². The van der Waals surface area contributed by atoms with Gasteiger partial charge in [-0.05, 0) is 22.5 Å². The maximum absolute atomic E-state index is 10.7. The summed E-state index contributed by atoms with van der Waals surface area (Å²) in [6, 6.07) is 31.6. The lowest BCUT2D eigenvalue weighted by Gasteiger charge is -2.30. The van der Waals surface area contributed by atoms with Gasteiger partial charge in [0.25, 0.3) is 0 Å². The van der Waals surface area contributed by atoms with Crippen LogP contribution in [-0.2, 0) is 14.9 Å². The molecule has 10 heteroatoms. The van der Waals surface area contributed by atoms with Gasteiger partial charge in [-0.2, -0.15) is 13.2 Å². The van der Waals surface area contributed by atoms with Gasteiger partial charge in [-0.3, -0.25) is 0 Å². The Labute approximate surface area is 197 Å². The largest absolute Gasteiger partial charge is 0.741 e. The van der Waals surface area contributed by atoms with E-state index in [1.54, 1.807) is 6.08 Å². The van der Waals surface area contributed by atoms with E-state index in [2.05, 4.69) is 78.5 Å². The third kappa shape index (κ3) is 6.89. The monoisotopic (exact) mass is 508 g/mol. The van der Waals surface area contributed by atoms with Gasteiger partial charge < -0.3 is 14.1 Å². The fourth-order valence-electron chi connectivity index (χ4n) is 3.28. The number of alkyl halides is 3. The summed E-state index contributed by atoms with van der Waals surface area (Å²) in [4.78, 5) is 10.1. The number of ether oxygens (including phenoxy) is 1. The number of rotatable bonds is 6. The molecule has 0 saturated carbocycles. The Morgan fingerprint density at radius 1 is 0.882 bits per heavy atom. The van der Waals surface area contributed by atoms with E-state index in [4.69, 9.17) is 17.7 Å². The lowest BCUT2D eigenvalue weighted by atomic mass is 10.3. The molecule has 0 aliphatic heterocycles. The Morgan fingerprint density at radius 3 is 1.47 bits per heavy atom. The summed E-state index contributed by atoms with van der Waals surface area (Å²) in [6.45, 7) is 2.30. The molecule has 0 fully saturated rings. The number of carbonyl (C=O) groups excluding carboxylic acids is 1. The first-order valence-electron chi connectivity index (χ1n) is 10.1. The second-order valence-electron chi connectivity index (χ2n) is 6.91. The van der Waals surface area contributed by atoms with Crippen LogP contribution in [0.15, 0.2) is 103 Å². The Bertz CT molecular complexity index is 1090. The Morgan fingerprint density at radius 2 is 1.21 bits per heavy atom. The topological polar surface area (TPSA) is 87.8 Å². The maximum Gasteiger partial charge on any atom is 0.509 e. The molecule has 34 heavy (non-hydrogen) atoms. The third-order valence-electron chi connectivity index (χ3n) is 4.74. The first-order chi connectivity index (χ1) is 16.0. The van der Waals surface area contributed by atoms with Gasteiger partial charge in [0.05, 0.1) is 6.08 Å². The molecule has 0 saturated heterocycles. The molecule has 0 spiro atoms. The zero-order valence-corrected chi connectivity index (χ0v) is 20.0. The average molecular weight is 509 g/mol. The van der Waals surface area contributed by atoms with Crippen LogP contribution in [0, 0.1) is 0 Å². The molecule has 0 unspecified atom stereocenters. The number of esters is 1. The van der Waals surface area contributed by atoms with Crippen LogP contribution < -0.4 is 15.6 Å². The van der Waals surface area contributed by atoms with Crippen molar-refractivity contribution in [2.75, 3.05) is 6.61 Å². The molecule has 5 nitrogen and oxygen atoms in total. The van der Waals surface area contributed by atoms with Gasteiger partial charge in [0, 0.05) is 0 Å². The zero-order chi connectivity index (χ0) is 25.2. The normalized spacial score (nSPS) is 12.0. The molecular formula is C24H23F3O5SSi. The minimum Gasteiger partial charge on any atom is -0.741 e. The van der Waals surface area contributed by atoms with Crippen LogP contribution in [0.3, 0.4) is 0 Å². The Kier molecular flexibility index (Phi) is 9.36. The summed E-state index contributed by atoms with van der Waals surface area (Å²) in [5.41, 5.74) is -3.50. The van der Waals surface area contributed by atoms with Gasteiger partial charge in [-0.1, -0.05) is 96.7 Å². The second kappa shape index (κ2) is 11.8. The van der Waals surface area contributed by atoms with Crippen molar-refractivity contribution in [3.63, 3.8) is 0 Å². The van der Waals surface area contributed by atoms with Crippen molar-refractivity contribution in [2.24, 2.45) is 0 Å². The van der Waals surface area contributed by atoms with Crippen molar-refractivity contribution in [1.82, 2.24) is 0 Å². The molecule has 0 bridgehead atoms. The zero-order valence-electron chi connectivity index (χ0n) is 18.1. The average Bonchev–Trinajstić information content (AvgIpc) is 2.81. The van der Waals surface area contributed by atoms with Crippen molar-refractivity contribution < 1.29 is 35.7 Å². The molecule has 180 valence electrons. The molecule has 0 heterocycles. The van der Waals surface area contributed by atoms with E-state index >= 15 is 0 Å². The van der Waals surface area contributed by atoms with Gasteiger partial charge >= 0.3 is 11.5 Å². The smallest absolute Gasteiger partial charge is 0.509 e. The predicted molar refractivity (Wildman–Crippen MR) is 127 cm³/mol. The first kappa shape index (κ1) is 27.0. The van der Waals surface area contributed by atoms with E-state index < -0.39 is 23.7 Å². The fourth-order valence-corrected chi connectivity index (χ4v) is 7.41. The molecule has 3 aromatic carbocycles. The van der Waals surface area contributed by atoms with Gasteiger partial charge in [0.1, 0.15) is 0 Å². The Balaban J connectivity index is 0.000000440. The summed E-state index contributed by atoms with van der Waals surface area (Å²) >= 11 is 0. The molecule has 0 aliphatic rings. The van der Waals surface area contributed by atoms with Crippen LogP contribution in [0.4, 0.5) is 13.2 Å². The highest BCUT2D eigenvalue weighted by Gasteiger charge is 2.38. The van der Waals surface area contributed by atoms with E-state index in [1.165, 1.54) is 15.6 Å². The predicted octanol–water partition coefficient (Wildman–Crippen LogP) is 2.84. The van der Waals surface area contributed by atoms with Gasteiger partial charge in [0.15, 0.2) is 24.8 Å². The number of halogens is 3. The van der Waals surface area contributed by atoms with Crippen LogP contribution in [-0.4, -0.2) is 43.9 Å². The van der Waals surface area contributed by atoms with Gasteiger partial charge in [-0.15, -0.1) is 0 Å². The summed E-state index contributed by atoms with van der Waals surface area (Å²) in [7, 11) is -8.55. The number of hydrogen-bond donors (Lipinski definition) is 0. The summed E-state index contributed by atoms with van der Waals surface area (Å²) in [5, 5.41) is 3.79. The molecular weight excluding hydrogens is 485 g/mol. The van der Waals surface area contributed by atoms with E-state index in [9.17, 15) is 18.0 Å². The van der Waals surface area contributed by atoms with Crippen molar-refractivity contribution in [2.45, 2.75) is 12.4 Å². The molecule has 0 amide bonds. The standard InChI is InChI=1S/C23H22O2Si.CHF3O3S/c1-2-25-23(24)18-19-26(20-12-6-3-7-13-20,21-14-8-4-9-15-21)22-16-10-5-11-17-22;2-1(3,4)8(5,6)7/h3-19H,2H2,1H3;(H,5,6,7)/b19-18+;. The minimum atomic E-state index is -6.09. The summed E-state index contributed by atoms with van der Waals surface area (Å²) in [6.07, 6.45) is 1.71. The van der Waals surface area contributed by atoms with Crippen LogP contribution in [0.5, 0.6) is 0 Å². The summed E-state index contributed by atoms with van der Waals surface area (Å²) < 4.78 is 64.2. The minimum absolute atomic E-state index is 0.0489. The summed E-state index contributed by atoms with van der Waals surface area (Å²) in [5.74, 6) is -0.0489. The van der Waals surface area contributed by atoms with Crippen molar-refractivity contribution >= 4 is 39.7 Å². The van der Waals surface area contributed by atoms with E-state index in [0.717, 1.165) is 0 Å². The first-order valence-corrected chi connectivity index (χ1v) is 13.6. The lowest BCUT2D eigenvalue weighted by Crippen LogP contribution is -2.66. The highest BCUT2D eigenvalue weighted by atomic mass is 32.2. The highest BCUT2D eigenvalue weighted by Crippen LogP contribution is 2.20. The lowest BCUT2D eigenvalue weighted by molar-refractivity contribution is -0.0517. The van der Waals surface area contributed by atoms with E-state index in [0.29, 0.717) is 6.61 Å².